The Hall–Kier alpha value is -0.280. The summed E-state index contributed by atoms with van der Waals surface area (Å²) in [6.45, 7) is 0.555. The van der Waals surface area contributed by atoms with Gasteiger partial charge in [-0.2, -0.15) is 0 Å². The van der Waals surface area contributed by atoms with Gasteiger partial charge in [0.2, 0.25) is 0 Å². The lowest BCUT2D eigenvalue weighted by atomic mass is 10.1. The Morgan fingerprint density at radius 1 is 1.43 bits per heavy atom. The van der Waals surface area contributed by atoms with Crippen molar-refractivity contribution >= 4 is 23.2 Å². The number of aliphatic hydroxyl groups is 1. The molecule has 4 heteroatoms. The Morgan fingerprint density at radius 3 is 2.71 bits per heavy atom. The van der Waals surface area contributed by atoms with E-state index < -0.39 is 6.10 Å². The molecule has 1 atom stereocenters. The highest BCUT2D eigenvalue weighted by Crippen LogP contribution is 2.21. The number of halogens is 2. The topological polar surface area (TPSA) is 32.3 Å². The average Bonchev–Trinajstić information content (AvgIpc) is 2.10. The fourth-order valence-electron chi connectivity index (χ4n) is 1.25. The van der Waals surface area contributed by atoms with Crippen molar-refractivity contribution in [3.63, 3.8) is 0 Å². The van der Waals surface area contributed by atoms with E-state index in [0.717, 1.165) is 5.56 Å². The lowest BCUT2D eigenvalue weighted by Gasteiger charge is -2.11. The molecule has 0 amide bonds. The van der Waals surface area contributed by atoms with Crippen LogP contribution in [0.25, 0.3) is 0 Å². The Kier molecular flexibility index (Phi) is 4.69. The number of rotatable bonds is 4. The number of likely N-dealkylation sites (N-methyl/N-ethyl adjacent to an activating group) is 1. The van der Waals surface area contributed by atoms with Gasteiger partial charge in [-0.25, -0.2) is 0 Å². The summed E-state index contributed by atoms with van der Waals surface area (Å²) in [5, 5.41) is 13.7. The molecule has 0 heterocycles. The Morgan fingerprint density at radius 2 is 2.14 bits per heavy atom. The molecule has 2 nitrogen and oxygen atoms in total. The van der Waals surface area contributed by atoms with Gasteiger partial charge >= 0.3 is 0 Å². The van der Waals surface area contributed by atoms with Crippen LogP contribution in [0.5, 0.6) is 0 Å². The summed E-state index contributed by atoms with van der Waals surface area (Å²) >= 11 is 11.7. The first-order chi connectivity index (χ1) is 6.63. The zero-order valence-electron chi connectivity index (χ0n) is 7.93. The van der Waals surface area contributed by atoms with E-state index in [4.69, 9.17) is 23.2 Å². The quantitative estimate of drug-likeness (QED) is 0.836. The monoisotopic (exact) mass is 233 g/mol. The molecule has 0 bridgehead atoms. The zero-order valence-corrected chi connectivity index (χ0v) is 9.44. The molecule has 0 aliphatic carbocycles. The van der Waals surface area contributed by atoms with E-state index in [9.17, 15) is 5.11 Å². The molecule has 0 radical (unpaired) electrons. The van der Waals surface area contributed by atoms with Crippen molar-refractivity contribution in [3.8, 4) is 0 Å². The standard InChI is InChI=1S/C10H13Cl2NO/c1-13-6-9(14)4-7-2-3-8(11)5-10(7)12/h2-3,5,9,13-14H,4,6H2,1H3. The Balaban J connectivity index is 2.67. The number of nitrogens with one attached hydrogen (secondary N) is 1. The molecule has 0 fully saturated rings. The molecule has 0 aliphatic heterocycles. The number of hydrogen-bond acceptors (Lipinski definition) is 2. The van der Waals surface area contributed by atoms with E-state index >= 15 is 0 Å². The van der Waals surface area contributed by atoms with E-state index in [1.165, 1.54) is 0 Å². The Bertz CT molecular complexity index is 304. The maximum atomic E-state index is 9.54. The maximum absolute atomic E-state index is 9.54. The highest BCUT2D eigenvalue weighted by Gasteiger charge is 2.07. The number of aliphatic hydroxyl groups excluding tert-OH is 1. The van der Waals surface area contributed by atoms with E-state index in [1.807, 2.05) is 6.07 Å². The SMILES string of the molecule is CNCC(O)Cc1ccc(Cl)cc1Cl. The van der Waals surface area contributed by atoms with Crippen LogP contribution in [-0.2, 0) is 6.42 Å². The van der Waals surface area contributed by atoms with Crippen LogP contribution in [0.3, 0.4) is 0 Å². The van der Waals surface area contributed by atoms with Crippen LogP contribution in [0.2, 0.25) is 10.0 Å². The fraction of sp³-hybridized carbons (Fsp3) is 0.400. The van der Waals surface area contributed by atoms with Gasteiger partial charge in [-0.1, -0.05) is 29.3 Å². The van der Waals surface area contributed by atoms with Crippen molar-refractivity contribution in [2.75, 3.05) is 13.6 Å². The molecular formula is C10H13Cl2NO. The van der Waals surface area contributed by atoms with Crippen LogP contribution in [0, 0.1) is 0 Å². The van der Waals surface area contributed by atoms with Crippen LogP contribution in [-0.4, -0.2) is 24.8 Å². The van der Waals surface area contributed by atoms with Crippen LogP contribution in [0.4, 0.5) is 0 Å². The van der Waals surface area contributed by atoms with Crippen molar-refractivity contribution in [1.82, 2.24) is 5.32 Å². The molecule has 1 aromatic carbocycles. The largest absolute Gasteiger partial charge is 0.391 e. The van der Waals surface area contributed by atoms with Gasteiger partial charge in [0.15, 0.2) is 0 Å². The zero-order chi connectivity index (χ0) is 10.6. The highest BCUT2D eigenvalue weighted by molar-refractivity contribution is 6.35. The number of hydrogen-bond donors (Lipinski definition) is 2. The van der Waals surface area contributed by atoms with Gasteiger partial charge in [-0.05, 0) is 24.7 Å². The Labute approximate surface area is 93.8 Å². The first kappa shape index (κ1) is 11.8. The second-order valence-corrected chi connectivity index (χ2v) is 3.99. The van der Waals surface area contributed by atoms with Crippen molar-refractivity contribution in [2.45, 2.75) is 12.5 Å². The van der Waals surface area contributed by atoms with Gasteiger partial charge in [-0.3, -0.25) is 0 Å². The molecule has 0 aromatic heterocycles. The predicted octanol–water partition coefficient (Wildman–Crippen LogP) is 2.12. The van der Waals surface area contributed by atoms with E-state index in [1.54, 1.807) is 19.2 Å². The maximum Gasteiger partial charge on any atom is 0.0705 e. The summed E-state index contributed by atoms with van der Waals surface area (Å²) in [5.74, 6) is 0. The summed E-state index contributed by atoms with van der Waals surface area (Å²) in [4.78, 5) is 0. The third kappa shape index (κ3) is 3.46. The van der Waals surface area contributed by atoms with Crippen molar-refractivity contribution in [3.05, 3.63) is 33.8 Å². The fourth-order valence-corrected chi connectivity index (χ4v) is 1.73. The minimum absolute atomic E-state index is 0.418. The first-order valence-corrected chi connectivity index (χ1v) is 5.15. The van der Waals surface area contributed by atoms with Crippen LogP contribution in [0.1, 0.15) is 5.56 Å². The summed E-state index contributed by atoms with van der Waals surface area (Å²) in [5.41, 5.74) is 0.916. The van der Waals surface area contributed by atoms with Crippen molar-refractivity contribution in [1.29, 1.82) is 0 Å². The average molecular weight is 234 g/mol. The van der Waals surface area contributed by atoms with Crippen LogP contribution < -0.4 is 5.32 Å². The molecule has 1 unspecified atom stereocenters. The molecule has 0 aliphatic rings. The summed E-state index contributed by atoms with van der Waals surface area (Å²) in [6.07, 6.45) is 0.121. The summed E-state index contributed by atoms with van der Waals surface area (Å²) in [7, 11) is 1.80. The van der Waals surface area contributed by atoms with Crippen molar-refractivity contribution in [2.24, 2.45) is 0 Å². The van der Waals surface area contributed by atoms with E-state index in [0.29, 0.717) is 23.0 Å². The molecule has 1 aromatic rings. The van der Waals surface area contributed by atoms with Gasteiger partial charge < -0.3 is 10.4 Å². The molecule has 0 saturated heterocycles. The van der Waals surface area contributed by atoms with Crippen LogP contribution >= 0.6 is 23.2 Å². The van der Waals surface area contributed by atoms with Gasteiger partial charge in [0.25, 0.3) is 0 Å². The van der Waals surface area contributed by atoms with E-state index in [2.05, 4.69) is 5.32 Å². The number of benzene rings is 1. The third-order valence-electron chi connectivity index (χ3n) is 1.91. The predicted molar refractivity (Wildman–Crippen MR) is 60.1 cm³/mol. The van der Waals surface area contributed by atoms with Gasteiger partial charge in [0.05, 0.1) is 6.10 Å². The van der Waals surface area contributed by atoms with Gasteiger partial charge in [0, 0.05) is 23.0 Å². The molecular weight excluding hydrogens is 221 g/mol. The second-order valence-electron chi connectivity index (χ2n) is 3.15. The molecule has 1 rings (SSSR count). The van der Waals surface area contributed by atoms with Gasteiger partial charge in [-0.15, -0.1) is 0 Å². The second kappa shape index (κ2) is 5.56. The normalized spacial score (nSPS) is 12.9. The molecule has 0 saturated carbocycles. The first-order valence-electron chi connectivity index (χ1n) is 4.40. The lowest BCUT2D eigenvalue weighted by Crippen LogP contribution is -2.25. The lowest BCUT2D eigenvalue weighted by molar-refractivity contribution is 0.175. The molecule has 2 N–H and O–H groups in total. The molecule has 14 heavy (non-hydrogen) atoms. The molecule has 0 spiro atoms. The smallest absolute Gasteiger partial charge is 0.0705 e. The van der Waals surface area contributed by atoms with Gasteiger partial charge in [0.1, 0.15) is 0 Å². The summed E-state index contributed by atoms with van der Waals surface area (Å²) in [6, 6.07) is 5.29. The molecule has 78 valence electrons. The third-order valence-corrected chi connectivity index (χ3v) is 2.50. The minimum Gasteiger partial charge on any atom is -0.391 e. The van der Waals surface area contributed by atoms with Crippen LogP contribution in [0.15, 0.2) is 18.2 Å². The minimum atomic E-state index is -0.418. The highest BCUT2D eigenvalue weighted by atomic mass is 35.5. The van der Waals surface area contributed by atoms with Crippen molar-refractivity contribution < 1.29 is 5.11 Å². The summed E-state index contributed by atoms with van der Waals surface area (Å²) < 4.78 is 0. The van der Waals surface area contributed by atoms with E-state index in [-0.39, 0.29) is 0 Å².